The van der Waals surface area contributed by atoms with Crippen molar-refractivity contribution in [3.63, 3.8) is 0 Å². The van der Waals surface area contributed by atoms with Gasteiger partial charge in [0, 0.05) is 41.2 Å². The van der Waals surface area contributed by atoms with Crippen molar-refractivity contribution >= 4 is 16.9 Å². The molecule has 1 N–H and O–H groups in total. The number of hydrogen-bond donors (Lipinski definition) is 1. The Morgan fingerprint density at radius 3 is 2.50 bits per heavy atom. The van der Waals surface area contributed by atoms with Crippen molar-refractivity contribution in [1.82, 2.24) is 10.2 Å². The molecule has 6 heteroatoms. The summed E-state index contributed by atoms with van der Waals surface area (Å²) in [4.78, 5) is 26.6. The Labute approximate surface area is 178 Å². The zero-order valence-electron chi connectivity index (χ0n) is 18.8. The van der Waals surface area contributed by atoms with Gasteiger partial charge in [-0.15, -0.1) is 0 Å². The topological polar surface area (TPSA) is 71.8 Å². The molecule has 164 valence electrons. The molecule has 1 aromatic heterocycles. The lowest BCUT2D eigenvalue weighted by Crippen LogP contribution is -2.63. The minimum absolute atomic E-state index is 0.00318. The van der Waals surface area contributed by atoms with Crippen molar-refractivity contribution < 1.29 is 13.9 Å². The molecule has 2 heterocycles. The largest absolute Gasteiger partial charge is 0.484 e. The summed E-state index contributed by atoms with van der Waals surface area (Å²) >= 11 is 0. The van der Waals surface area contributed by atoms with E-state index >= 15 is 0 Å². The van der Waals surface area contributed by atoms with Crippen LogP contribution in [0.2, 0.25) is 0 Å². The Balaban J connectivity index is 1.73. The molecule has 1 aliphatic rings. The summed E-state index contributed by atoms with van der Waals surface area (Å²) in [5, 5.41) is 4.50. The predicted molar refractivity (Wildman–Crippen MR) is 119 cm³/mol. The zero-order valence-corrected chi connectivity index (χ0v) is 18.8. The molecule has 0 spiro atoms. The Morgan fingerprint density at radius 1 is 1.17 bits per heavy atom. The Kier molecular flexibility index (Phi) is 6.56. The fraction of sp³-hybridized carbons (Fsp3) is 0.583. The van der Waals surface area contributed by atoms with Gasteiger partial charge in [-0.25, -0.2) is 4.79 Å². The smallest absolute Gasteiger partial charge is 0.336 e. The SMILES string of the molecule is CCCCN(C(=O)COc1ccc2ccc(=O)oc2c1)C1CC(C)(C)NC(C)(C)C1. The number of carbonyl (C=O) groups excluding carboxylic acids is 1. The normalized spacial score (nSPS) is 18.3. The second-order valence-electron chi connectivity index (χ2n) is 9.64. The van der Waals surface area contributed by atoms with Crippen molar-refractivity contribution in [2.45, 2.75) is 77.4 Å². The first-order valence-electron chi connectivity index (χ1n) is 10.8. The van der Waals surface area contributed by atoms with Crippen LogP contribution in [0.3, 0.4) is 0 Å². The summed E-state index contributed by atoms with van der Waals surface area (Å²) in [5.74, 6) is 0.517. The summed E-state index contributed by atoms with van der Waals surface area (Å²) in [5.41, 5.74) is -0.0170. The number of ether oxygens (including phenoxy) is 1. The number of nitrogens with one attached hydrogen (secondary N) is 1. The van der Waals surface area contributed by atoms with Gasteiger partial charge in [-0.1, -0.05) is 13.3 Å². The molecule has 0 unspecified atom stereocenters. The van der Waals surface area contributed by atoms with Gasteiger partial charge in [-0.05, 0) is 65.2 Å². The summed E-state index contributed by atoms with van der Waals surface area (Å²) in [6.07, 6.45) is 3.82. The highest BCUT2D eigenvalue weighted by Crippen LogP contribution is 2.32. The number of unbranched alkanes of at least 4 members (excludes halogenated alkanes) is 1. The number of piperidine rings is 1. The van der Waals surface area contributed by atoms with Crippen LogP contribution in [0.15, 0.2) is 39.5 Å². The summed E-state index contributed by atoms with van der Waals surface area (Å²) < 4.78 is 11.0. The molecule has 1 aromatic carbocycles. The first-order chi connectivity index (χ1) is 14.1. The zero-order chi connectivity index (χ0) is 21.9. The Bertz CT molecular complexity index is 932. The van der Waals surface area contributed by atoms with E-state index in [9.17, 15) is 9.59 Å². The van der Waals surface area contributed by atoms with Crippen molar-refractivity contribution in [3.05, 3.63) is 40.8 Å². The van der Waals surface area contributed by atoms with E-state index in [-0.39, 0.29) is 29.6 Å². The minimum Gasteiger partial charge on any atom is -0.484 e. The van der Waals surface area contributed by atoms with E-state index < -0.39 is 5.63 Å². The Morgan fingerprint density at radius 2 is 1.83 bits per heavy atom. The maximum atomic E-state index is 13.2. The molecule has 0 saturated carbocycles. The first-order valence-corrected chi connectivity index (χ1v) is 10.8. The monoisotopic (exact) mass is 414 g/mol. The lowest BCUT2D eigenvalue weighted by atomic mass is 9.79. The van der Waals surface area contributed by atoms with Crippen molar-refractivity contribution in [2.75, 3.05) is 13.2 Å². The van der Waals surface area contributed by atoms with Crippen LogP contribution in [0.1, 0.15) is 60.3 Å². The number of nitrogens with zero attached hydrogens (tertiary/aromatic N) is 1. The van der Waals surface area contributed by atoms with Gasteiger partial charge in [0.1, 0.15) is 11.3 Å². The van der Waals surface area contributed by atoms with Gasteiger partial charge >= 0.3 is 5.63 Å². The van der Waals surface area contributed by atoms with Gasteiger partial charge in [0.25, 0.3) is 5.91 Å². The van der Waals surface area contributed by atoms with E-state index in [1.54, 1.807) is 18.2 Å². The average molecular weight is 415 g/mol. The number of benzene rings is 1. The van der Waals surface area contributed by atoms with Crippen LogP contribution < -0.4 is 15.7 Å². The van der Waals surface area contributed by atoms with Crippen molar-refractivity contribution in [2.24, 2.45) is 0 Å². The van der Waals surface area contributed by atoms with E-state index in [0.717, 1.165) is 37.6 Å². The molecular formula is C24H34N2O4. The minimum atomic E-state index is -0.405. The molecule has 30 heavy (non-hydrogen) atoms. The van der Waals surface area contributed by atoms with Crippen molar-refractivity contribution in [1.29, 1.82) is 0 Å². The van der Waals surface area contributed by atoms with Crippen molar-refractivity contribution in [3.8, 4) is 5.75 Å². The third-order valence-electron chi connectivity index (χ3n) is 5.64. The van der Waals surface area contributed by atoms with Gasteiger partial charge in [-0.2, -0.15) is 0 Å². The number of hydrogen-bond acceptors (Lipinski definition) is 5. The van der Waals surface area contributed by atoms with E-state index in [2.05, 4.69) is 39.9 Å². The molecule has 0 aliphatic carbocycles. The lowest BCUT2D eigenvalue weighted by Gasteiger charge is -2.49. The number of amides is 1. The molecule has 0 radical (unpaired) electrons. The van der Waals surface area contributed by atoms with Gasteiger partial charge in [0.2, 0.25) is 0 Å². The van der Waals surface area contributed by atoms with Crippen LogP contribution in [0.5, 0.6) is 5.75 Å². The van der Waals surface area contributed by atoms with Crippen LogP contribution >= 0.6 is 0 Å². The molecule has 0 bridgehead atoms. The molecule has 1 amide bonds. The van der Waals surface area contributed by atoms with Crippen LogP contribution in [0.25, 0.3) is 11.0 Å². The highest BCUT2D eigenvalue weighted by atomic mass is 16.5. The molecule has 1 saturated heterocycles. The molecule has 1 fully saturated rings. The van der Waals surface area contributed by atoms with Gasteiger partial charge in [0.05, 0.1) is 0 Å². The highest BCUT2D eigenvalue weighted by molar-refractivity contribution is 5.79. The number of carbonyl (C=O) groups is 1. The molecule has 1 aliphatic heterocycles. The maximum Gasteiger partial charge on any atom is 0.336 e. The maximum absolute atomic E-state index is 13.2. The average Bonchev–Trinajstić information content (AvgIpc) is 2.63. The molecule has 2 aromatic rings. The second kappa shape index (κ2) is 8.80. The van der Waals surface area contributed by atoms with Gasteiger partial charge in [-0.3, -0.25) is 4.79 Å². The van der Waals surface area contributed by atoms with Crippen LogP contribution in [0.4, 0.5) is 0 Å². The third kappa shape index (κ3) is 5.63. The van der Waals surface area contributed by atoms with E-state index in [1.165, 1.54) is 6.07 Å². The molecule has 3 rings (SSSR count). The molecular weight excluding hydrogens is 380 g/mol. The number of rotatable bonds is 7. The standard InChI is InChI=1S/C24H34N2O4/c1-6-7-12-26(18-14-23(2,3)25-24(4,5)15-18)21(27)16-29-19-10-8-17-9-11-22(28)30-20(17)13-19/h8-11,13,18,25H,6-7,12,14-16H2,1-5H3. The van der Waals surface area contributed by atoms with Crippen LogP contribution in [-0.2, 0) is 4.79 Å². The number of fused-ring (bicyclic) bond motifs is 1. The van der Waals surface area contributed by atoms with Gasteiger partial charge < -0.3 is 19.4 Å². The van der Waals surface area contributed by atoms with E-state index in [0.29, 0.717) is 11.3 Å². The fourth-order valence-electron chi connectivity index (χ4n) is 4.69. The van der Waals surface area contributed by atoms with E-state index in [1.807, 2.05) is 11.0 Å². The van der Waals surface area contributed by atoms with Crippen LogP contribution in [0, 0.1) is 0 Å². The van der Waals surface area contributed by atoms with E-state index in [4.69, 9.17) is 9.15 Å². The Hall–Kier alpha value is -2.34. The summed E-state index contributed by atoms with van der Waals surface area (Å²) in [7, 11) is 0. The quantitative estimate of drug-likeness (QED) is 0.691. The first kappa shape index (κ1) is 22.3. The summed E-state index contributed by atoms with van der Waals surface area (Å²) in [6, 6.07) is 8.56. The molecule has 6 nitrogen and oxygen atoms in total. The fourth-order valence-corrected chi connectivity index (χ4v) is 4.69. The lowest BCUT2D eigenvalue weighted by molar-refractivity contribution is -0.137. The third-order valence-corrected chi connectivity index (χ3v) is 5.64. The molecule has 0 atom stereocenters. The predicted octanol–water partition coefficient (Wildman–Crippen LogP) is 4.11. The van der Waals surface area contributed by atoms with Gasteiger partial charge in [0.15, 0.2) is 6.61 Å². The van der Waals surface area contributed by atoms with Crippen LogP contribution in [-0.4, -0.2) is 41.1 Å². The highest BCUT2D eigenvalue weighted by Gasteiger charge is 2.41. The second-order valence-corrected chi connectivity index (χ2v) is 9.64. The summed E-state index contributed by atoms with van der Waals surface area (Å²) in [6.45, 7) is 11.6.